The lowest BCUT2D eigenvalue weighted by atomic mass is 9.77. The average Bonchev–Trinajstić information content (AvgIpc) is 3.16. The Labute approximate surface area is 200 Å². The van der Waals surface area contributed by atoms with E-state index in [0.717, 1.165) is 10.9 Å². The molecule has 174 valence electrons. The summed E-state index contributed by atoms with van der Waals surface area (Å²) in [5, 5.41) is 2.88. The molecule has 0 atom stereocenters. The summed E-state index contributed by atoms with van der Waals surface area (Å²) in [5.41, 5.74) is 3.51. The van der Waals surface area contributed by atoms with E-state index in [9.17, 15) is 0 Å². The molecule has 0 spiro atoms. The Morgan fingerprint density at radius 2 is 0.848 bits per heavy atom. The highest BCUT2D eigenvalue weighted by Crippen LogP contribution is 2.38. The number of hydrogen-bond donors (Lipinski definition) is 0. The van der Waals surface area contributed by atoms with Crippen LogP contribution in [0.5, 0.6) is 0 Å². The van der Waals surface area contributed by atoms with E-state index in [-0.39, 0.29) is 36.6 Å². The molecule has 2 aromatic carbocycles. The summed E-state index contributed by atoms with van der Waals surface area (Å²) < 4.78 is 25.4. The first-order chi connectivity index (χ1) is 15.1. The first kappa shape index (κ1) is 23.4. The molecule has 0 radical (unpaired) electrons. The standard InChI is InChI=1S/C26H36B2O4Si/c1-23(2)24(3,4)30-27(29-23)17-11-13-19-20-14-12-18(16-22(20)33(9,10)21(19)15-17)28-31-25(5,6)26(7,8)32-28/h11-16H,1-10H3. The van der Waals surface area contributed by atoms with Gasteiger partial charge in [0.1, 0.15) is 8.07 Å². The van der Waals surface area contributed by atoms with Gasteiger partial charge in [-0.15, -0.1) is 0 Å². The van der Waals surface area contributed by atoms with Crippen molar-refractivity contribution < 1.29 is 18.6 Å². The van der Waals surface area contributed by atoms with E-state index in [1.807, 2.05) is 0 Å². The Hall–Kier alpha value is -1.37. The van der Waals surface area contributed by atoms with Crippen molar-refractivity contribution in [2.24, 2.45) is 0 Å². The maximum atomic E-state index is 6.34. The van der Waals surface area contributed by atoms with Crippen LogP contribution in [0, 0.1) is 0 Å². The van der Waals surface area contributed by atoms with E-state index in [0.29, 0.717) is 0 Å². The van der Waals surface area contributed by atoms with Gasteiger partial charge in [0.2, 0.25) is 0 Å². The normalized spacial score (nSPS) is 25.3. The van der Waals surface area contributed by atoms with Crippen LogP contribution in [0.2, 0.25) is 13.1 Å². The van der Waals surface area contributed by atoms with Gasteiger partial charge in [-0.3, -0.25) is 0 Å². The Bertz CT molecular complexity index is 1020. The van der Waals surface area contributed by atoms with E-state index < -0.39 is 8.07 Å². The monoisotopic (exact) mass is 462 g/mol. The highest BCUT2D eigenvalue weighted by atomic mass is 28.3. The predicted molar refractivity (Wildman–Crippen MR) is 140 cm³/mol. The second kappa shape index (κ2) is 6.85. The topological polar surface area (TPSA) is 36.9 Å². The Kier molecular flexibility index (Phi) is 4.85. The van der Waals surface area contributed by atoms with Gasteiger partial charge in [-0.2, -0.15) is 0 Å². The summed E-state index contributed by atoms with van der Waals surface area (Å²) in [6, 6.07) is 13.5. The zero-order valence-corrected chi connectivity index (χ0v) is 22.8. The summed E-state index contributed by atoms with van der Waals surface area (Å²) in [6.45, 7) is 21.7. The molecule has 7 heteroatoms. The maximum Gasteiger partial charge on any atom is 0.494 e. The first-order valence-corrected chi connectivity index (χ1v) is 15.1. The van der Waals surface area contributed by atoms with Gasteiger partial charge in [-0.1, -0.05) is 49.5 Å². The van der Waals surface area contributed by atoms with Gasteiger partial charge in [0.05, 0.1) is 22.4 Å². The fourth-order valence-electron chi connectivity index (χ4n) is 5.02. The molecule has 2 aromatic rings. The fraction of sp³-hybridized carbons (Fsp3) is 0.538. The lowest BCUT2D eigenvalue weighted by Gasteiger charge is -2.32. The van der Waals surface area contributed by atoms with Crippen LogP contribution >= 0.6 is 0 Å². The van der Waals surface area contributed by atoms with Crippen LogP contribution in [0.1, 0.15) is 55.4 Å². The molecule has 5 rings (SSSR count). The third-order valence-electron chi connectivity index (χ3n) is 8.77. The molecule has 0 aliphatic carbocycles. The number of rotatable bonds is 2. The molecule has 0 N–H and O–H groups in total. The number of benzene rings is 2. The molecule has 2 saturated heterocycles. The summed E-state index contributed by atoms with van der Waals surface area (Å²) in [5.74, 6) is 0. The third-order valence-corrected chi connectivity index (χ3v) is 12.3. The lowest BCUT2D eigenvalue weighted by Crippen LogP contribution is -2.52. The summed E-state index contributed by atoms with van der Waals surface area (Å²) in [6.07, 6.45) is 0. The smallest absolute Gasteiger partial charge is 0.399 e. The average molecular weight is 462 g/mol. The summed E-state index contributed by atoms with van der Waals surface area (Å²) in [4.78, 5) is 0. The van der Waals surface area contributed by atoms with Crippen LogP contribution < -0.4 is 21.3 Å². The van der Waals surface area contributed by atoms with Gasteiger partial charge >= 0.3 is 14.2 Å². The molecule has 2 fully saturated rings. The first-order valence-electron chi connectivity index (χ1n) is 12.1. The Balaban J connectivity index is 1.50. The van der Waals surface area contributed by atoms with Gasteiger partial charge < -0.3 is 18.6 Å². The van der Waals surface area contributed by atoms with Crippen LogP contribution in [-0.2, 0) is 18.6 Å². The lowest BCUT2D eigenvalue weighted by molar-refractivity contribution is 0.00578. The van der Waals surface area contributed by atoms with Gasteiger partial charge in [-0.25, -0.2) is 0 Å². The number of fused-ring (bicyclic) bond motifs is 3. The van der Waals surface area contributed by atoms with Gasteiger partial charge in [-0.05, 0) is 87.8 Å². The highest BCUT2D eigenvalue weighted by molar-refractivity contribution is 7.04. The summed E-state index contributed by atoms with van der Waals surface area (Å²) >= 11 is 0. The Morgan fingerprint density at radius 3 is 1.15 bits per heavy atom. The van der Waals surface area contributed by atoms with E-state index in [1.54, 1.807) is 0 Å². The second-order valence-electron chi connectivity index (χ2n) is 12.4. The largest absolute Gasteiger partial charge is 0.494 e. The van der Waals surface area contributed by atoms with Crippen LogP contribution in [0.3, 0.4) is 0 Å². The number of hydrogen-bond acceptors (Lipinski definition) is 4. The molecule has 3 aliphatic heterocycles. The fourth-order valence-corrected chi connectivity index (χ4v) is 8.15. The van der Waals surface area contributed by atoms with Gasteiger partial charge in [0, 0.05) is 0 Å². The molecule has 3 heterocycles. The molecule has 0 bridgehead atoms. The van der Waals surface area contributed by atoms with Crippen LogP contribution in [0.25, 0.3) is 11.1 Å². The minimum absolute atomic E-state index is 0.339. The quantitative estimate of drug-likeness (QED) is 0.644. The predicted octanol–water partition coefficient (Wildman–Crippen LogP) is 3.09. The van der Waals surface area contributed by atoms with E-state index in [1.165, 1.54) is 21.5 Å². The van der Waals surface area contributed by atoms with Crippen LogP contribution in [0.15, 0.2) is 36.4 Å². The molecular formula is C26H36B2O4Si. The molecule has 3 aliphatic rings. The van der Waals surface area contributed by atoms with Crippen molar-refractivity contribution in [1.29, 1.82) is 0 Å². The van der Waals surface area contributed by atoms with Crippen molar-refractivity contribution in [1.82, 2.24) is 0 Å². The molecule has 0 amide bonds. The zero-order valence-electron chi connectivity index (χ0n) is 21.8. The zero-order chi connectivity index (χ0) is 24.2. The second-order valence-corrected chi connectivity index (χ2v) is 16.7. The molecule has 33 heavy (non-hydrogen) atoms. The van der Waals surface area contributed by atoms with E-state index in [2.05, 4.69) is 105 Å². The van der Waals surface area contributed by atoms with Gasteiger partial charge in [0.25, 0.3) is 0 Å². The SMILES string of the molecule is CC1(C)OB(c2ccc3c(c2)[Si](C)(C)c2cc(B4OC(C)(C)C(C)(C)O4)ccc2-3)OC1(C)C. The molecule has 0 aromatic heterocycles. The summed E-state index contributed by atoms with van der Waals surface area (Å²) in [7, 11) is -2.59. The van der Waals surface area contributed by atoms with Crippen molar-refractivity contribution in [3.8, 4) is 11.1 Å². The van der Waals surface area contributed by atoms with Crippen molar-refractivity contribution >= 4 is 43.6 Å². The van der Waals surface area contributed by atoms with Crippen molar-refractivity contribution in [3.05, 3.63) is 36.4 Å². The van der Waals surface area contributed by atoms with Gasteiger partial charge in [0.15, 0.2) is 0 Å². The maximum absolute atomic E-state index is 6.34. The van der Waals surface area contributed by atoms with Crippen LogP contribution in [-0.4, -0.2) is 44.7 Å². The molecule has 4 nitrogen and oxygen atoms in total. The minimum Gasteiger partial charge on any atom is -0.399 e. The molecule has 0 unspecified atom stereocenters. The third kappa shape index (κ3) is 3.34. The Morgan fingerprint density at radius 1 is 0.545 bits per heavy atom. The van der Waals surface area contributed by atoms with E-state index >= 15 is 0 Å². The minimum atomic E-state index is -1.91. The van der Waals surface area contributed by atoms with Crippen molar-refractivity contribution in [3.63, 3.8) is 0 Å². The van der Waals surface area contributed by atoms with E-state index in [4.69, 9.17) is 18.6 Å². The van der Waals surface area contributed by atoms with Crippen molar-refractivity contribution in [2.75, 3.05) is 0 Å². The molecular weight excluding hydrogens is 426 g/mol. The molecule has 0 saturated carbocycles. The van der Waals surface area contributed by atoms with Crippen LogP contribution in [0.4, 0.5) is 0 Å². The van der Waals surface area contributed by atoms with Crippen molar-refractivity contribution in [2.45, 2.75) is 90.9 Å². The highest BCUT2D eigenvalue weighted by Gasteiger charge is 2.53.